The number of nitrogens with zero attached hydrogens (tertiary/aromatic N) is 4. The minimum atomic E-state index is -0.659. The minimum absolute atomic E-state index is 0.157. The van der Waals surface area contributed by atoms with E-state index in [1.807, 2.05) is 13.8 Å². The van der Waals surface area contributed by atoms with E-state index in [0.29, 0.717) is 35.3 Å². The van der Waals surface area contributed by atoms with Crippen LogP contribution in [-0.4, -0.2) is 56.5 Å². The largest absolute Gasteiger partial charge is 0.450 e. The lowest BCUT2D eigenvalue weighted by atomic mass is 10.1. The fourth-order valence-corrected chi connectivity index (χ4v) is 3.23. The van der Waals surface area contributed by atoms with Crippen LogP contribution in [0.4, 0.5) is 25.3 Å². The number of carbonyl (C=O) groups excluding carboxylic acids is 1. The summed E-state index contributed by atoms with van der Waals surface area (Å²) in [6.07, 6.45) is 7.16. The first kappa shape index (κ1) is 27.5. The van der Waals surface area contributed by atoms with Crippen LogP contribution >= 0.6 is 0 Å². The van der Waals surface area contributed by atoms with E-state index in [1.165, 1.54) is 25.0 Å². The SMILES string of the molecule is C1CCOC1.CCOC(=O)NC(C)C.Fc1cc(F)cc(-c2cc3nccn3c(Nc3ccn[nH]3)n2)c1. The highest BCUT2D eigenvalue weighted by Gasteiger charge is 2.11. The third kappa shape index (κ3) is 8.83. The van der Waals surface area contributed by atoms with Crippen molar-refractivity contribution in [3.05, 3.63) is 60.6 Å². The van der Waals surface area contributed by atoms with Gasteiger partial charge in [-0.05, 0) is 45.7 Å². The third-order valence-corrected chi connectivity index (χ3v) is 4.80. The second-order valence-electron chi connectivity index (χ2n) is 8.21. The Morgan fingerprint density at radius 2 is 1.89 bits per heavy atom. The molecule has 1 saturated heterocycles. The number of hydrogen-bond donors (Lipinski definition) is 3. The zero-order valence-electron chi connectivity index (χ0n) is 21.0. The molecular weight excluding hydrogens is 484 g/mol. The quantitative estimate of drug-likeness (QED) is 0.339. The van der Waals surface area contributed by atoms with Crippen molar-refractivity contribution in [2.24, 2.45) is 0 Å². The molecule has 10 nitrogen and oxygen atoms in total. The summed E-state index contributed by atoms with van der Waals surface area (Å²) in [5.41, 5.74) is 1.34. The molecule has 0 spiro atoms. The Hall–Kier alpha value is -4.06. The molecule has 3 N–H and O–H groups in total. The summed E-state index contributed by atoms with van der Waals surface area (Å²) in [7, 11) is 0. The van der Waals surface area contributed by atoms with Gasteiger partial charge < -0.3 is 20.1 Å². The number of anilines is 2. The van der Waals surface area contributed by atoms with Gasteiger partial charge in [-0.3, -0.25) is 9.50 Å². The summed E-state index contributed by atoms with van der Waals surface area (Å²) in [6.45, 7) is 7.98. The number of halogens is 2. The maximum Gasteiger partial charge on any atom is 0.407 e. The smallest absolute Gasteiger partial charge is 0.407 e. The highest BCUT2D eigenvalue weighted by molar-refractivity contribution is 5.68. The number of ether oxygens (including phenoxy) is 2. The normalized spacial score (nSPS) is 12.4. The van der Waals surface area contributed by atoms with Crippen LogP contribution in [0.2, 0.25) is 0 Å². The topological polar surface area (TPSA) is 118 Å². The Balaban J connectivity index is 0.000000224. The molecule has 0 atom stereocenters. The fraction of sp³-hybridized carbons (Fsp3) is 0.360. The van der Waals surface area contributed by atoms with Gasteiger partial charge in [-0.15, -0.1) is 0 Å². The van der Waals surface area contributed by atoms with Crippen molar-refractivity contribution in [2.45, 2.75) is 39.7 Å². The van der Waals surface area contributed by atoms with Crippen molar-refractivity contribution in [3.63, 3.8) is 0 Å². The van der Waals surface area contributed by atoms with Gasteiger partial charge in [-0.25, -0.2) is 23.5 Å². The van der Waals surface area contributed by atoms with Crippen molar-refractivity contribution < 1.29 is 23.0 Å². The van der Waals surface area contributed by atoms with Crippen LogP contribution in [0.25, 0.3) is 16.9 Å². The first-order valence-corrected chi connectivity index (χ1v) is 11.9. The monoisotopic (exact) mass is 515 g/mol. The Kier molecular flexibility index (Phi) is 10.3. The molecule has 1 amide bonds. The molecule has 37 heavy (non-hydrogen) atoms. The Bertz CT molecular complexity index is 1230. The number of carbonyl (C=O) groups is 1. The number of aromatic nitrogens is 5. The second-order valence-corrected chi connectivity index (χ2v) is 8.21. The summed E-state index contributed by atoms with van der Waals surface area (Å²) >= 11 is 0. The van der Waals surface area contributed by atoms with E-state index >= 15 is 0 Å². The molecule has 0 saturated carbocycles. The van der Waals surface area contributed by atoms with Crippen LogP contribution in [0, 0.1) is 11.6 Å². The molecule has 1 aliphatic rings. The Labute approximate surface area is 213 Å². The predicted molar refractivity (Wildman–Crippen MR) is 136 cm³/mol. The molecule has 12 heteroatoms. The molecule has 4 heterocycles. The van der Waals surface area contributed by atoms with Gasteiger partial charge in [0.2, 0.25) is 5.95 Å². The molecule has 3 aromatic heterocycles. The summed E-state index contributed by atoms with van der Waals surface area (Å²) in [5.74, 6) is -0.236. The van der Waals surface area contributed by atoms with Crippen molar-refractivity contribution >= 4 is 23.5 Å². The van der Waals surface area contributed by atoms with Crippen LogP contribution in [0.1, 0.15) is 33.6 Å². The number of rotatable bonds is 5. The van der Waals surface area contributed by atoms with Crippen molar-refractivity contribution in [1.82, 2.24) is 29.9 Å². The molecule has 1 aromatic carbocycles. The summed E-state index contributed by atoms with van der Waals surface area (Å²) in [5, 5.41) is 12.3. The van der Waals surface area contributed by atoms with E-state index < -0.39 is 11.6 Å². The number of benzene rings is 1. The van der Waals surface area contributed by atoms with Gasteiger partial charge in [0, 0.05) is 55.4 Å². The molecule has 0 bridgehead atoms. The van der Waals surface area contributed by atoms with Crippen molar-refractivity contribution in [3.8, 4) is 11.3 Å². The van der Waals surface area contributed by atoms with Crippen molar-refractivity contribution in [2.75, 3.05) is 25.1 Å². The lowest BCUT2D eigenvalue weighted by Gasteiger charge is -2.09. The third-order valence-electron chi connectivity index (χ3n) is 4.80. The predicted octanol–water partition coefficient (Wildman–Crippen LogP) is 5.08. The number of alkyl carbamates (subject to hydrolysis) is 1. The lowest BCUT2D eigenvalue weighted by molar-refractivity contribution is 0.149. The second kappa shape index (κ2) is 13.9. The van der Waals surface area contributed by atoms with Gasteiger partial charge in [0.1, 0.15) is 23.1 Å². The van der Waals surface area contributed by atoms with Crippen LogP contribution < -0.4 is 10.6 Å². The van der Waals surface area contributed by atoms with Crippen LogP contribution in [0.5, 0.6) is 0 Å². The molecule has 1 fully saturated rings. The molecule has 198 valence electrons. The number of hydrogen-bond acceptors (Lipinski definition) is 7. The molecular formula is C25H31F2N7O3. The number of amides is 1. The van der Waals surface area contributed by atoms with E-state index in [0.717, 1.165) is 19.3 Å². The molecule has 5 rings (SSSR count). The van der Waals surface area contributed by atoms with E-state index in [9.17, 15) is 13.6 Å². The van der Waals surface area contributed by atoms with Gasteiger partial charge in [-0.2, -0.15) is 5.10 Å². The highest BCUT2D eigenvalue weighted by atomic mass is 19.1. The van der Waals surface area contributed by atoms with Crippen LogP contribution in [-0.2, 0) is 9.47 Å². The van der Waals surface area contributed by atoms with Gasteiger partial charge in [0.15, 0.2) is 0 Å². The van der Waals surface area contributed by atoms with Gasteiger partial charge in [0.05, 0.1) is 18.5 Å². The zero-order chi connectivity index (χ0) is 26.6. The standard InChI is InChI=1S/C15H10F2N6.C6H13NO2.C4H8O/c16-10-5-9(6-11(17)7-10)12-8-14-18-3-4-23(14)15(20-12)21-13-1-2-19-22-13;1-4-9-6(8)7-5(2)3;1-2-4-5-3-1/h1-8H,(H2,19,20,21,22);5H,4H2,1-3H3,(H,7,8);1-4H2. The highest BCUT2D eigenvalue weighted by Crippen LogP contribution is 2.24. The summed E-state index contributed by atoms with van der Waals surface area (Å²) in [4.78, 5) is 19.2. The summed E-state index contributed by atoms with van der Waals surface area (Å²) < 4.78 is 38.2. The Morgan fingerprint density at radius 3 is 2.46 bits per heavy atom. The molecule has 0 aliphatic carbocycles. The molecule has 4 aromatic rings. The summed E-state index contributed by atoms with van der Waals surface area (Å²) in [6, 6.07) is 6.83. The first-order chi connectivity index (χ1) is 17.9. The number of aromatic amines is 1. The number of fused-ring (bicyclic) bond motifs is 1. The van der Waals surface area contributed by atoms with Gasteiger partial charge in [-0.1, -0.05) is 0 Å². The van der Waals surface area contributed by atoms with E-state index in [1.54, 1.807) is 42.0 Å². The average Bonchev–Trinajstić information content (AvgIpc) is 3.62. The minimum Gasteiger partial charge on any atom is -0.450 e. The van der Waals surface area contributed by atoms with E-state index in [-0.39, 0.29) is 12.1 Å². The number of imidazole rings is 1. The first-order valence-electron chi connectivity index (χ1n) is 11.9. The fourth-order valence-electron chi connectivity index (χ4n) is 3.23. The molecule has 0 unspecified atom stereocenters. The van der Waals surface area contributed by atoms with Gasteiger partial charge >= 0.3 is 6.09 Å². The average molecular weight is 516 g/mol. The lowest BCUT2D eigenvalue weighted by Crippen LogP contribution is -2.30. The Morgan fingerprint density at radius 1 is 1.16 bits per heavy atom. The maximum absolute atomic E-state index is 13.5. The maximum atomic E-state index is 13.5. The van der Waals surface area contributed by atoms with Crippen LogP contribution in [0.15, 0.2) is 48.9 Å². The van der Waals surface area contributed by atoms with E-state index in [4.69, 9.17) is 4.74 Å². The van der Waals surface area contributed by atoms with Crippen LogP contribution in [0.3, 0.4) is 0 Å². The molecule has 1 aliphatic heterocycles. The van der Waals surface area contributed by atoms with E-state index in [2.05, 4.69) is 35.5 Å². The van der Waals surface area contributed by atoms with Gasteiger partial charge in [0.25, 0.3) is 0 Å². The number of H-pyrrole nitrogens is 1. The zero-order valence-corrected chi connectivity index (χ0v) is 21.0. The van der Waals surface area contributed by atoms with Crippen molar-refractivity contribution in [1.29, 1.82) is 0 Å². The molecule has 0 radical (unpaired) electrons. The number of nitrogens with one attached hydrogen (secondary N) is 3.